The number of allylic oxidation sites excluding steroid dienone is 2. The van der Waals surface area contributed by atoms with Crippen molar-refractivity contribution in [2.24, 2.45) is 5.92 Å². The molecule has 0 unspecified atom stereocenters. The number of carbonyl (C=O) groups excluding carboxylic acids is 1. The number of nitrogens with one attached hydrogen (secondary N) is 2. The molecular weight excluding hydrogens is 338 g/mol. The predicted molar refractivity (Wildman–Crippen MR) is 111 cm³/mol. The fourth-order valence-electron chi connectivity index (χ4n) is 4.14. The largest absolute Gasteiger partial charge is 0.394 e. The van der Waals surface area contributed by atoms with Crippen LogP contribution in [0, 0.1) is 5.92 Å². The number of aromatic amines is 1. The maximum Gasteiger partial charge on any atom is 0.243 e. The Morgan fingerprint density at radius 2 is 2.11 bits per heavy atom. The molecule has 27 heavy (non-hydrogen) atoms. The van der Waals surface area contributed by atoms with Crippen LogP contribution in [0.25, 0.3) is 10.9 Å². The molecule has 0 saturated heterocycles. The number of aliphatic hydroxyl groups excluding tert-OH is 1. The molecule has 5 nitrogen and oxygen atoms in total. The average molecular weight is 370 g/mol. The van der Waals surface area contributed by atoms with Crippen LogP contribution in [-0.2, 0) is 17.6 Å². The molecule has 2 aromatic rings. The lowest BCUT2D eigenvalue weighted by molar-refractivity contribution is -0.124. The molecule has 0 saturated carbocycles. The van der Waals surface area contributed by atoms with E-state index in [1.165, 1.54) is 11.1 Å². The van der Waals surface area contributed by atoms with Gasteiger partial charge in [0.1, 0.15) is 6.04 Å². The lowest BCUT2D eigenvalue weighted by Gasteiger charge is -2.34. The van der Waals surface area contributed by atoms with Gasteiger partial charge >= 0.3 is 0 Å². The van der Waals surface area contributed by atoms with E-state index in [0.29, 0.717) is 6.42 Å². The first-order valence-corrected chi connectivity index (χ1v) is 9.72. The first-order chi connectivity index (χ1) is 12.8. The minimum atomic E-state index is -0.295. The van der Waals surface area contributed by atoms with E-state index in [0.717, 1.165) is 28.6 Å². The van der Waals surface area contributed by atoms with Crippen LogP contribution in [0.15, 0.2) is 30.0 Å². The van der Waals surface area contributed by atoms with Gasteiger partial charge in [-0.25, -0.2) is 0 Å². The van der Waals surface area contributed by atoms with E-state index in [-0.39, 0.29) is 30.5 Å². The van der Waals surface area contributed by atoms with Crippen LogP contribution in [0.4, 0.5) is 5.69 Å². The van der Waals surface area contributed by atoms with E-state index in [2.05, 4.69) is 61.1 Å². The molecule has 3 rings (SSSR count). The molecule has 0 aliphatic carbocycles. The molecule has 1 aliphatic rings. The van der Waals surface area contributed by atoms with Crippen molar-refractivity contribution in [2.75, 3.05) is 18.6 Å². The number of nitrogens with zero attached hydrogens (tertiary/aromatic N) is 1. The van der Waals surface area contributed by atoms with Gasteiger partial charge in [-0.2, -0.15) is 0 Å². The third-order valence-corrected chi connectivity index (χ3v) is 5.42. The summed E-state index contributed by atoms with van der Waals surface area (Å²) in [5.41, 5.74) is 5.82. The summed E-state index contributed by atoms with van der Waals surface area (Å²) in [7, 11) is 2.01. The second kappa shape index (κ2) is 7.77. The molecule has 2 atom stereocenters. The average Bonchev–Trinajstić information content (AvgIpc) is 3.01. The highest BCUT2D eigenvalue weighted by atomic mass is 16.3. The molecule has 2 heterocycles. The van der Waals surface area contributed by atoms with Gasteiger partial charge < -0.3 is 20.3 Å². The number of aromatic nitrogens is 1. The van der Waals surface area contributed by atoms with Crippen LogP contribution >= 0.6 is 0 Å². The Balaban J connectivity index is 2.26. The minimum Gasteiger partial charge on any atom is -0.394 e. The summed E-state index contributed by atoms with van der Waals surface area (Å²) in [5.74, 6) is 0.118. The van der Waals surface area contributed by atoms with Crippen molar-refractivity contribution in [3.8, 4) is 0 Å². The van der Waals surface area contributed by atoms with Gasteiger partial charge in [-0.1, -0.05) is 31.6 Å². The van der Waals surface area contributed by atoms with Gasteiger partial charge in [0.05, 0.1) is 18.3 Å². The zero-order valence-electron chi connectivity index (χ0n) is 17.0. The second-order valence-electron chi connectivity index (χ2n) is 8.19. The molecule has 1 amide bonds. The Labute approximate surface area is 161 Å². The summed E-state index contributed by atoms with van der Waals surface area (Å²) >= 11 is 0. The molecule has 0 bridgehead atoms. The molecule has 146 valence electrons. The van der Waals surface area contributed by atoms with E-state index in [9.17, 15) is 9.90 Å². The monoisotopic (exact) mass is 369 g/mol. The van der Waals surface area contributed by atoms with Crippen molar-refractivity contribution in [2.45, 2.75) is 52.6 Å². The van der Waals surface area contributed by atoms with Gasteiger partial charge in [0, 0.05) is 24.1 Å². The van der Waals surface area contributed by atoms with E-state index in [1.807, 2.05) is 13.2 Å². The molecule has 0 fully saturated rings. The van der Waals surface area contributed by atoms with Crippen LogP contribution in [0.1, 0.15) is 38.8 Å². The number of rotatable bonds is 4. The molecule has 0 spiro atoms. The second-order valence-corrected chi connectivity index (χ2v) is 8.19. The summed E-state index contributed by atoms with van der Waals surface area (Å²) in [6.07, 6.45) is 5.68. The zero-order chi connectivity index (χ0) is 19.7. The Hall–Kier alpha value is -2.27. The SMILES string of the molecule is CC(C)=CCc1ccc2[nH]cc3c2c1N(C)[C@@H](C(C)C)C(=O)N[C@H](CO)C3. The Morgan fingerprint density at radius 1 is 1.37 bits per heavy atom. The first kappa shape index (κ1) is 19.5. The zero-order valence-corrected chi connectivity index (χ0v) is 17.0. The normalized spacial score (nSPS) is 20.3. The van der Waals surface area contributed by atoms with E-state index in [1.54, 1.807) is 0 Å². The predicted octanol–water partition coefficient (Wildman–Crippen LogP) is 3.17. The van der Waals surface area contributed by atoms with Crippen molar-refractivity contribution < 1.29 is 9.90 Å². The molecule has 1 aromatic carbocycles. The number of hydrogen-bond donors (Lipinski definition) is 3. The maximum atomic E-state index is 13.0. The molecule has 1 aliphatic heterocycles. The molecule has 3 N–H and O–H groups in total. The van der Waals surface area contributed by atoms with Gasteiger partial charge in [-0.05, 0) is 49.8 Å². The fourth-order valence-corrected chi connectivity index (χ4v) is 4.14. The number of amides is 1. The van der Waals surface area contributed by atoms with Gasteiger partial charge in [0.2, 0.25) is 5.91 Å². The standard InChI is InChI=1S/C22H31N3O2/c1-13(2)6-7-15-8-9-18-19-16(11-23-18)10-17(12-26)24-22(27)20(14(3)4)25(5)21(15)19/h6,8-9,11,14,17,20,23,26H,7,10,12H2,1-5H3,(H,24,27)/t17-,20-/m0/s1. The van der Waals surface area contributed by atoms with E-state index < -0.39 is 0 Å². The van der Waals surface area contributed by atoms with Crippen LogP contribution < -0.4 is 10.2 Å². The van der Waals surface area contributed by atoms with Crippen LogP contribution in [0.2, 0.25) is 0 Å². The number of anilines is 1. The molecule has 5 heteroatoms. The summed E-state index contributed by atoms with van der Waals surface area (Å²) < 4.78 is 0. The number of carbonyl (C=O) groups is 1. The van der Waals surface area contributed by atoms with Crippen LogP contribution in [0.5, 0.6) is 0 Å². The van der Waals surface area contributed by atoms with Gasteiger partial charge in [-0.15, -0.1) is 0 Å². The Morgan fingerprint density at radius 3 is 2.74 bits per heavy atom. The lowest BCUT2D eigenvalue weighted by atomic mass is 9.96. The Kier molecular flexibility index (Phi) is 5.61. The van der Waals surface area contributed by atoms with Gasteiger partial charge in [-0.3, -0.25) is 4.79 Å². The minimum absolute atomic E-state index is 0.0224. The van der Waals surface area contributed by atoms with E-state index in [4.69, 9.17) is 0 Å². The quantitative estimate of drug-likeness (QED) is 0.725. The summed E-state index contributed by atoms with van der Waals surface area (Å²) in [4.78, 5) is 18.5. The third kappa shape index (κ3) is 3.74. The maximum absolute atomic E-state index is 13.0. The van der Waals surface area contributed by atoms with Crippen LogP contribution in [0.3, 0.4) is 0 Å². The number of hydrogen-bond acceptors (Lipinski definition) is 3. The van der Waals surface area contributed by atoms with Crippen molar-refractivity contribution in [1.29, 1.82) is 0 Å². The lowest BCUT2D eigenvalue weighted by Crippen LogP contribution is -2.52. The Bertz CT molecular complexity index is 862. The summed E-state index contributed by atoms with van der Waals surface area (Å²) in [6, 6.07) is 3.70. The number of aliphatic hydroxyl groups is 1. The highest BCUT2D eigenvalue weighted by Gasteiger charge is 2.32. The molecule has 1 aromatic heterocycles. The van der Waals surface area contributed by atoms with Gasteiger partial charge in [0.25, 0.3) is 0 Å². The fraction of sp³-hybridized carbons (Fsp3) is 0.500. The highest BCUT2D eigenvalue weighted by molar-refractivity contribution is 6.00. The molecular formula is C22H31N3O2. The number of likely N-dealkylation sites (N-methyl/N-ethyl adjacent to an activating group) is 1. The smallest absolute Gasteiger partial charge is 0.243 e. The van der Waals surface area contributed by atoms with Gasteiger partial charge in [0.15, 0.2) is 0 Å². The summed E-state index contributed by atoms with van der Waals surface area (Å²) in [6.45, 7) is 8.28. The third-order valence-electron chi connectivity index (χ3n) is 5.42. The van der Waals surface area contributed by atoms with Crippen molar-refractivity contribution in [3.63, 3.8) is 0 Å². The first-order valence-electron chi connectivity index (χ1n) is 9.72. The summed E-state index contributed by atoms with van der Waals surface area (Å²) in [5, 5.41) is 14.0. The van der Waals surface area contributed by atoms with Crippen molar-refractivity contribution in [3.05, 3.63) is 41.1 Å². The molecule has 0 radical (unpaired) electrons. The number of benzene rings is 1. The van der Waals surface area contributed by atoms with E-state index >= 15 is 0 Å². The topological polar surface area (TPSA) is 68.4 Å². The van der Waals surface area contributed by atoms with Crippen molar-refractivity contribution >= 4 is 22.5 Å². The number of H-pyrrole nitrogens is 1. The van der Waals surface area contributed by atoms with Crippen molar-refractivity contribution in [1.82, 2.24) is 10.3 Å². The van der Waals surface area contributed by atoms with Crippen LogP contribution in [-0.4, -0.2) is 41.7 Å². The highest BCUT2D eigenvalue weighted by Crippen LogP contribution is 2.37.